The summed E-state index contributed by atoms with van der Waals surface area (Å²) in [6, 6.07) is 7.08. The summed E-state index contributed by atoms with van der Waals surface area (Å²) in [5.41, 5.74) is 1.96. The number of carboxylic acid groups (broad SMARTS) is 1. The topological polar surface area (TPSA) is 59.4 Å². The fourth-order valence-electron chi connectivity index (χ4n) is 1.57. The Labute approximate surface area is 115 Å². The molecule has 0 amide bonds. The zero-order chi connectivity index (χ0) is 14.0. The number of carboxylic acids is 1. The molecule has 1 aromatic carbocycles. The maximum absolute atomic E-state index is 11.0. The third-order valence-electron chi connectivity index (χ3n) is 2.62. The van der Waals surface area contributed by atoms with Crippen LogP contribution in [0.1, 0.15) is 21.5 Å². The minimum absolute atomic E-state index is 0.0306. The first-order valence-corrected chi connectivity index (χ1v) is 5.99. The summed E-state index contributed by atoms with van der Waals surface area (Å²) in [7, 11) is 0. The lowest BCUT2D eigenvalue weighted by Crippen LogP contribution is -2.00. The van der Waals surface area contributed by atoms with E-state index in [1.807, 2.05) is 32.0 Å². The molecule has 0 aliphatic heterocycles. The molecule has 0 spiro atoms. The second kappa shape index (κ2) is 5.28. The predicted octanol–water partition coefficient (Wildman–Crippen LogP) is 3.84. The molecule has 98 valence electrons. The van der Waals surface area contributed by atoms with Gasteiger partial charge in [-0.2, -0.15) is 0 Å². The highest BCUT2D eigenvalue weighted by Gasteiger charge is 2.12. The third kappa shape index (κ3) is 3.03. The van der Waals surface area contributed by atoms with Crippen LogP contribution < -0.4 is 4.74 Å². The van der Waals surface area contributed by atoms with Crippen LogP contribution in [-0.4, -0.2) is 16.1 Å². The largest absolute Gasteiger partial charge is 0.478 e. The number of rotatable bonds is 3. The van der Waals surface area contributed by atoms with Crippen molar-refractivity contribution in [3.8, 4) is 11.6 Å². The molecule has 2 rings (SSSR count). The monoisotopic (exact) mass is 277 g/mol. The van der Waals surface area contributed by atoms with Crippen LogP contribution in [-0.2, 0) is 0 Å². The van der Waals surface area contributed by atoms with Crippen LogP contribution in [0, 0.1) is 13.8 Å². The highest BCUT2D eigenvalue weighted by Crippen LogP contribution is 2.27. The molecule has 0 fully saturated rings. The quantitative estimate of drug-likeness (QED) is 0.926. The van der Waals surface area contributed by atoms with E-state index in [4.69, 9.17) is 21.4 Å². The van der Waals surface area contributed by atoms with E-state index in [0.717, 1.165) is 11.1 Å². The molecule has 0 bridgehead atoms. The molecule has 0 saturated heterocycles. The van der Waals surface area contributed by atoms with Crippen molar-refractivity contribution < 1.29 is 14.6 Å². The van der Waals surface area contributed by atoms with Gasteiger partial charge in [-0.05, 0) is 31.0 Å². The van der Waals surface area contributed by atoms with Gasteiger partial charge in [-0.3, -0.25) is 0 Å². The Bertz CT molecular complexity index is 641. The van der Waals surface area contributed by atoms with E-state index in [-0.39, 0.29) is 16.5 Å². The second-order valence-electron chi connectivity index (χ2n) is 4.18. The van der Waals surface area contributed by atoms with E-state index in [1.165, 1.54) is 12.3 Å². The molecule has 1 N–H and O–H groups in total. The number of hydrogen-bond donors (Lipinski definition) is 1. The number of aromatic nitrogens is 1. The van der Waals surface area contributed by atoms with Gasteiger partial charge in [0.15, 0.2) is 0 Å². The Kier molecular flexibility index (Phi) is 3.71. The zero-order valence-corrected chi connectivity index (χ0v) is 11.2. The molecule has 0 saturated carbocycles. The van der Waals surface area contributed by atoms with Crippen LogP contribution in [0.5, 0.6) is 11.6 Å². The molecule has 0 radical (unpaired) electrons. The zero-order valence-electron chi connectivity index (χ0n) is 10.5. The van der Waals surface area contributed by atoms with E-state index in [2.05, 4.69) is 4.98 Å². The van der Waals surface area contributed by atoms with Crippen molar-refractivity contribution >= 4 is 17.6 Å². The van der Waals surface area contributed by atoms with Crippen molar-refractivity contribution in [2.24, 2.45) is 0 Å². The lowest BCUT2D eigenvalue weighted by atomic mass is 10.1. The smallest absolute Gasteiger partial charge is 0.337 e. The van der Waals surface area contributed by atoms with Crippen LogP contribution >= 0.6 is 11.6 Å². The molecule has 0 aliphatic carbocycles. The first-order chi connectivity index (χ1) is 8.97. The lowest BCUT2D eigenvalue weighted by molar-refractivity contribution is 0.0696. The van der Waals surface area contributed by atoms with E-state index in [9.17, 15) is 4.79 Å². The number of carbonyl (C=O) groups is 1. The molecule has 1 aromatic heterocycles. The molecule has 2 aromatic rings. The van der Waals surface area contributed by atoms with Gasteiger partial charge in [-0.15, -0.1) is 0 Å². The van der Waals surface area contributed by atoms with Crippen LogP contribution in [0.4, 0.5) is 0 Å². The van der Waals surface area contributed by atoms with Gasteiger partial charge in [-0.25, -0.2) is 9.78 Å². The summed E-state index contributed by atoms with van der Waals surface area (Å²) in [5, 5.41) is 9.07. The number of hydrogen-bond acceptors (Lipinski definition) is 3. The minimum Gasteiger partial charge on any atom is -0.478 e. The summed E-state index contributed by atoms with van der Waals surface area (Å²) < 4.78 is 5.60. The van der Waals surface area contributed by atoms with Crippen molar-refractivity contribution in [1.29, 1.82) is 0 Å². The molecule has 1 heterocycles. The number of aromatic carboxylic acids is 1. The van der Waals surface area contributed by atoms with Gasteiger partial charge in [-0.1, -0.05) is 23.7 Å². The molecule has 0 atom stereocenters. The Morgan fingerprint density at radius 3 is 2.74 bits per heavy atom. The number of halogens is 1. The van der Waals surface area contributed by atoms with E-state index in [1.54, 1.807) is 0 Å². The normalized spacial score (nSPS) is 10.3. The van der Waals surface area contributed by atoms with Gasteiger partial charge in [0.25, 0.3) is 0 Å². The Morgan fingerprint density at radius 2 is 2.05 bits per heavy atom. The predicted molar refractivity (Wildman–Crippen MR) is 72.2 cm³/mol. The maximum Gasteiger partial charge on any atom is 0.337 e. The first-order valence-electron chi connectivity index (χ1n) is 5.61. The fraction of sp³-hybridized carbons (Fsp3) is 0.143. The van der Waals surface area contributed by atoms with Crippen LogP contribution in [0.25, 0.3) is 0 Å². The molecule has 4 nitrogen and oxygen atoms in total. The molecule has 19 heavy (non-hydrogen) atoms. The van der Waals surface area contributed by atoms with Crippen LogP contribution in [0.2, 0.25) is 5.02 Å². The molecule has 5 heteroatoms. The Morgan fingerprint density at radius 1 is 1.32 bits per heavy atom. The number of nitrogens with zero attached hydrogens (tertiary/aromatic N) is 1. The van der Waals surface area contributed by atoms with E-state index < -0.39 is 5.97 Å². The summed E-state index contributed by atoms with van der Waals surface area (Å²) >= 11 is 5.75. The Balaban J connectivity index is 2.36. The first kappa shape index (κ1) is 13.4. The summed E-state index contributed by atoms with van der Waals surface area (Å²) in [6.07, 6.45) is 1.27. The standard InChI is InChI=1S/C14H12ClNO3/c1-8-3-4-9(2)12(5-8)19-13-6-10(14(17)18)11(15)7-16-13/h3-7H,1-2H3,(H,17,18). The minimum atomic E-state index is -1.11. The SMILES string of the molecule is Cc1ccc(C)c(Oc2cc(C(=O)O)c(Cl)cn2)c1. The molecule has 0 unspecified atom stereocenters. The summed E-state index contributed by atoms with van der Waals surface area (Å²) in [6.45, 7) is 3.85. The van der Waals surface area contributed by atoms with Gasteiger partial charge in [0.05, 0.1) is 16.8 Å². The van der Waals surface area contributed by atoms with Gasteiger partial charge in [0.2, 0.25) is 5.88 Å². The lowest BCUT2D eigenvalue weighted by Gasteiger charge is -2.09. The highest BCUT2D eigenvalue weighted by atomic mass is 35.5. The van der Waals surface area contributed by atoms with Crippen LogP contribution in [0.3, 0.4) is 0 Å². The Hall–Kier alpha value is -2.07. The number of pyridine rings is 1. The van der Waals surface area contributed by atoms with Crippen molar-refractivity contribution in [2.75, 3.05) is 0 Å². The molecular formula is C14H12ClNO3. The summed E-state index contributed by atoms with van der Waals surface area (Å²) in [5.74, 6) is -0.264. The van der Waals surface area contributed by atoms with Gasteiger partial charge < -0.3 is 9.84 Å². The average molecular weight is 278 g/mol. The van der Waals surface area contributed by atoms with Crippen molar-refractivity contribution in [3.63, 3.8) is 0 Å². The molecule has 0 aliphatic rings. The van der Waals surface area contributed by atoms with E-state index in [0.29, 0.717) is 5.75 Å². The molecular weight excluding hydrogens is 266 g/mol. The average Bonchev–Trinajstić information content (AvgIpc) is 2.36. The highest BCUT2D eigenvalue weighted by molar-refractivity contribution is 6.33. The second-order valence-corrected chi connectivity index (χ2v) is 4.59. The van der Waals surface area contributed by atoms with Crippen molar-refractivity contribution in [3.05, 3.63) is 52.2 Å². The van der Waals surface area contributed by atoms with Crippen molar-refractivity contribution in [2.45, 2.75) is 13.8 Å². The number of aryl methyl sites for hydroxylation is 2. The van der Waals surface area contributed by atoms with Crippen molar-refractivity contribution in [1.82, 2.24) is 4.98 Å². The van der Waals surface area contributed by atoms with Gasteiger partial charge in [0.1, 0.15) is 5.75 Å². The number of benzene rings is 1. The van der Waals surface area contributed by atoms with Gasteiger partial charge in [0, 0.05) is 6.07 Å². The van der Waals surface area contributed by atoms with E-state index >= 15 is 0 Å². The van der Waals surface area contributed by atoms with Crippen LogP contribution in [0.15, 0.2) is 30.5 Å². The third-order valence-corrected chi connectivity index (χ3v) is 2.92. The maximum atomic E-state index is 11.0. The van der Waals surface area contributed by atoms with Gasteiger partial charge >= 0.3 is 5.97 Å². The number of ether oxygens (including phenoxy) is 1. The fourth-order valence-corrected chi connectivity index (χ4v) is 1.75. The summed E-state index contributed by atoms with van der Waals surface area (Å²) in [4.78, 5) is 14.9.